The van der Waals surface area contributed by atoms with Gasteiger partial charge in [-0.2, -0.15) is 13.2 Å². The fourth-order valence-electron chi connectivity index (χ4n) is 2.56. The summed E-state index contributed by atoms with van der Waals surface area (Å²) in [4.78, 5) is 19.1. The average Bonchev–Trinajstić information content (AvgIpc) is 2.98. The lowest BCUT2D eigenvalue weighted by molar-refractivity contribution is -0.136. The molecule has 22 heavy (non-hydrogen) atoms. The normalized spacial score (nSPS) is 16.5. The van der Waals surface area contributed by atoms with Crippen molar-refractivity contribution in [3.8, 4) is 0 Å². The first-order valence-corrected chi connectivity index (χ1v) is 8.25. The molecule has 1 saturated heterocycles. The van der Waals surface area contributed by atoms with Gasteiger partial charge in [-0.25, -0.2) is 4.98 Å². The number of aromatic nitrogens is 1. The minimum Gasteiger partial charge on any atom is -0.345 e. The lowest BCUT2D eigenvalue weighted by Crippen LogP contribution is -2.50. The number of halogens is 3. The molecule has 4 nitrogen and oxygen atoms in total. The molecule has 1 aromatic heterocycles. The van der Waals surface area contributed by atoms with Crippen molar-refractivity contribution in [2.75, 3.05) is 31.1 Å². The Morgan fingerprint density at radius 3 is 2.32 bits per heavy atom. The molecule has 2 heterocycles. The van der Waals surface area contributed by atoms with Crippen LogP contribution in [0.3, 0.4) is 0 Å². The fraction of sp³-hybridized carbons (Fsp3) is 0.714. The number of hydrogen-bond acceptors (Lipinski definition) is 4. The molecule has 0 bridgehead atoms. The van der Waals surface area contributed by atoms with Gasteiger partial charge in [-0.05, 0) is 12.8 Å². The number of amides is 1. The molecular weight excluding hydrogens is 315 g/mol. The third kappa shape index (κ3) is 3.71. The van der Waals surface area contributed by atoms with E-state index < -0.39 is 11.1 Å². The van der Waals surface area contributed by atoms with Gasteiger partial charge in [-0.15, -0.1) is 0 Å². The van der Waals surface area contributed by atoms with E-state index >= 15 is 0 Å². The Labute approximate surface area is 131 Å². The minimum atomic E-state index is -4.34. The lowest BCUT2D eigenvalue weighted by Gasteiger charge is -2.36. The maximum atomic E-state index is 12.6. The molecule has 0 aromatic carbocycles. The van der Waals surface area contributed by atoms with Crippen molar-refractivity contribution >= 4 is 22.4 Å². The summed E-state index contributed by atoms with van der Waals surface area (Å²) in [6, 6.07) is 0. The second kappa shape index (κ2) is 6.85. The van der Waals surface area contributed by atoms with E-state index in [4.69, 9.17) is 0 Å². The van der Waals surface area contributed by atoms with Crippen LogP contribution in [0.4, 0.5) is 18.3 Å². The van der Waals surface area contributed by atoms with E-state index in [1.54, 1.807) is 0 Å². The third-order valence-corrected chi connectivity index (χ3v) is 5.07. The van der Waals surface area contributed by atoms with Gasteiger partial charge < -0.3 is 9.80 Å². The predicted octanol–water partition coefficient (Wildman–Crippen LogP) is 3.25. The molecule has 1 aliphatic heterocycles. The molecule has 0 spiro atoms. The largest absolute Gasteiger partial charge is 0.427 e. The van der Waals surface area contributed by atoms with Gasteiger partial charge in [0.05, 0.1) is 6.20 Å². The van der Waals surface area contributed by atoms with Crippen molar-refractivity contribution in [3.63, 3.8) is 0 Å². The molecule has 0 saturated carbocycles. The number of anilines is 1. The summed E-state index contributed by atoms with van der Waals surface area (Å²) in [7, 11) is 0. The van der Waals surface area contributed by atoms with Crippen LogP contribution in [-0.4, -0.2) is 42.0 Å². The van der Waals surface area contributed by atoms with E-state index in [2.05, 4.69) is 4.98 Å². The first kappa shape index (κ1) is 17.1. The standard InChI is InChI=1S/C14H20F3N3OS/c1-3-10(4-2)12(21)19-5-7-20(8-6-19)13-18-9-11(22-13)14(15,16)17/h9-10H,3-8H2,1-2H3. The first-order chi connectivity index (χ1) is 10.4. The number of alkyl halides is 3. The van der Waals surface area contributed by atoms with Crippen LogP contribution >= 0.6 is 11.3 Å². The van der Waals surface area contributed by atoms with E-state index in [-0.39, 0.29) is 11.8 Å². The van der Waals surface area contributed by atoms with Crippen LogP contribution in [0.25, 0.3) is 0 Å². The highest BCUT2D eigenvalue weighted by Crippen LogP contribution is 2.36. The minimum absolute atomic E-state index is 0.0447. The van der Waals surface area contributed by atoms with Gasteiger partial charge in [0.15, 0.2) is 5.13 Å². The topological polar surface area (TPSA) is 36.4 Å². The molecule has 0 N–H and O–H groups in total. The van der Waals surface area contributed by atoms with Crippen molar-refractivity contribution in [1.29, 1.82) is 0 Å². The van der Waals surface area contributed by atoms with Crippen LogP contribution in [0.1, 0.15) is 31.6 Å². The highest BCUT2D eigenvalue weighted by atomic mass is 32.1. The Hall–Kier alpha value is -1.31. The van der Waals surface area contributed by atoms with Gasteiger partial charge in [-0.3, -0.25) is 4.79 Å². The molecule has 8 heteroatoms. The van der Waals surface area contributed by atoms with E-state index in [1.807, 2.05) is 23.6 Å². The lowest BCUT2D eigenvalue weighted by atomic mass is 10.0. The Balaban J connectivity index is 1.95. The zero-order chi connectivity index (χ0) is 16.3. The number of rotatable bonds is 4. The summed E-state index contributed by atoms with van der Waals surface area (Å²) >= 11 is 0.658. The summed E-state index contributed by atoms with van der Waals surface area (Å²) in [6.45, 7) is 6.12. The summed E-state index contributed by atoms with van der Waals surface area (Å²) in [5, 5.41) is 0.377. The van der Waals surface area contributed by atoms with Gasteiger partial charge in [0.1, 0.15) is 4.88 Å². The summed E-state index contributed by atoms with van der Waals surface area (Å²) in [5.74, 6) is 0.197. The first-order valence-electron chi connectivity index (χ1n) is 7.43. The van der Waals surface area contributed by atoms with Crippen molar-refractivity contribution in [2.24, 2.45) is 5.92 Å². The second-order valence-electron chi connectivity index (χ2n) is 5.33. The van der Waals surface area contributed by atoms with Gasteiger partial charge in [-0.1, -0.05) is 25.2 Å². The highest BCUT2D eigenvalue weighted by Gasteiger charge is 2.34. The van der Waals surface area contributed by atoms with Crippen LogP contribution in [0.5, 0.6) is 0 Å². The summed E-state index contributed by atoms with van der Waals surface area (Å²) < 4.78 is 37.8. The monoisotopic (exact) mass is 335 g/mol. The molecule has 0 aliphatic carbocycles. The van der Waals surface area contributed by atoms with Crippen molar-refractivity contribution in [2.45, 2.75) is 32.9 Å². The summed E-state index contributed by atoms with van der Waals surface area (Å²) in [6.07, 6.45) is -1.83. The molecule has 2 rings (SSSR count). The molecular formula is C14H20F3N3OS. The van der Waals surface area contributed by atoms with Crippen LogP contribution in [0.15, 0.2) is 6.20 Å². The van der Waals surface area contributed by atoms with Crippen LogP contribution in [-0.2, 0) is 11.0 Å². The van der Waals surface area contributed by atoms with E-state index in [1.165, 1.54) is 0 Å². The number of nitrogens with zero attached hydrogens (tertiary/aromatic N) is 3. The molecule has 1 aliphatic rings. The average molecular weight is 335 g/mol. The van der Waals surface area contributed by atoms with E-state index in [0.717, 1.165) is 19.0 Å². The van der Waals surface area contributed by atoms with Crippen molar-refractivity contribution < 1.29 is 18.0 Å². The Morgan fingerprint density at radius 2 is 1.86 bits per heavy atom. The molecule has 0 atom stereocenters. The number of carbonyl (C=O) groups is 1. The number of carbonyl (C=O) groups excluding carboxylic acids is 1. The number of piperazine rings is 1. The molecule has 124 valence electrons. The van der Waals surface area contributed by atoms with E-state index in [0.29, 0.717) is 42.6 Å². The predicted molar refractivity (Wildman–Crippen MR) is 80.0 cm³/mol. The zero-order valence-electron chi connectivity index (χ0n) is 12.7. The second-order valence-corrected chi connectivity index (χ2v) is 6.34. The quantitative estimate of drug-likeness (QED) is 0.847. The van der Waals surface area contributed by atoms with Gasteiger partial charge >= 0.3 is 6.18 Å². The van der Waals surface area contributed by atoms with Gasteiger partial charge in [0.25, 0.3) is 0 Å². The van der Waals surface area contributed by atoms with Crippen LogP contribution in [0.2, 0.25) is 0 Å². The molecule has 0 radical (unpaired) electrons. The Kier molecular flexibility index (Phi) is 5.31. The van der Waals surface area contributed by atoms with Crippen molar-refractivity contribution in [3.05, 3.63) is 11.1 Å². The maximum absolute atomic E-state index is 12.6. The Bertz CT molecular complexity index is 506. The third-order valence-electron chi connectivity index (χ3n) is 3.97. The Morgan fingerprint density at radius 1 is 1.27 bits per heavy atom. The van der Waals surface area contributed by atoms with Crippen LogP contribution < -0.4 is 4.90 Å². The maximum Gasteiger partial charge on any atom is 0.427 e. The molecule has 1 aromatic rings. The summed E-state index contributed by atoms with van der Waals surface area (Å²) in [5.41, 5.74) is 0. The zero-order valence-corrected chi connectivity index (χ0v) is 13.5. The number of hydrogen-bond donors (Lipinski definition) is 0. The fourth-order valence-corrected chi connectivity index (χ4v) is 3.39. The SMILES string of the molecule is CCC(CC)C(=O)N1CCN(c2ncc(C(F)(F)F)s2)CC1. The van der Waals surface area contributed by atoms with Gasteiger partial charge in [0, 0.05) is 32.1 Å². The molecule has 1 amide bonds. The molecule has 0 unspecified atom stereocenters. The van der Waals surface area contributed by atoms with Crippen LogP contribution in [0, 0.1) is 5.92 Å². The molecule has 1 fully saturated rings. The van der Waals surface area contributed by atoms with E-state index in [9.17, 15) is 18.0 Å². The smallest absolute Gasteiger partial charge is 0.345 e. The van der Waals surface area contributed by atoms with Crippen molar-refractivity contribution in [1.82, 2.24) is 9.88 Å². The number of thiazole rings is 1. The highest BCUT2D eigenvalue weighted by molar-refractivity contribution is 7.15. The van der Waals surface area contributed by atoms with Gasteiger partial charge in [0.2, 0.25) is 5.91 Å².